The molecule has 3 aromatic rings. The number of aromatic nitrogens is 4. The average molecular weight is 551 g/mol. The van der Waals surface area contributed by atoms with Gasteiger partial charge in [0.05, 0.1) is 7.11 Å². The van der Waals surface area contributed by atoms with Crippen LogP contribution in [-0.4, -0.2) is 95.2 Å². The molecule has 0 atom stereocenters. The Labute approximate surface area is 234 Å². The van der Waals surface area contributed by atoms with E-state index < -0.39 is 0 Å². The number of aromatic amines is 1. The maximum atomic E-state index is 11.5. The lowest BCUT2D eigenvalue weighted by atomic mass is 10.1. The van der Waals surface area contributed by atoms with Crippen molar-refractivity contribution in [1.82, 2.24) is 30.0 Å². The van der Waals surface area contributed by atoms with Gasteiger partial charge in [0.25, 0.3) is 0 Å². The molecule has 2 aliphatic heterocycles. The van der Waals surface area contributed by atoms with Gasteiger partial charge in [-0.3, -0.25) is 14.8 Å². The van der Waals surface area contributed by atoms with Crippen LogP contribution in [0.2, 0.25) is 0 Å². The van der Waals surface area contributed by atoms with Crippen molar-refractivity contribution in [3.05, 3.63) is 41.6 Å². The first-order chi connectivity index (χ1) is 19.0. The Bertz CT molecular complexity index is 1250. The molecular formula is C28H38N8O2S. The van der Waals surface area contributed by atoms with Crippen molar-refractivity contribution in [2.45, 2.75) is 43.2 Å². The summed E-state index contributed by atoms with van der Waals surface area (Å²) in [5, 5.41) is 11.2. The van der Waals surface area contributed by atoms with Crippen molar-refractivity contribution in [1.29, 1.82) is 0 Å². The van der Waals surface area contributed by atoms with Crippen molar-refractivity contribution >= 4 is 35.0 Å². The van der Waals surface area contributed by atoms with E-state index in [0.29, 0.717) is 29.0 Å². The summed E-state index contributed by atoms with van der Waals surface area (Å²) in [5.74, 6) is 2.81. The van der Waals surface area contributed by atoms with Gasteiger partial charge >= 0.3 is 0 Å². The number of hydrogen-bond acceptors (Lipinski definition) is 10. The number of carbonyl (C=O) groups excluding carboxylic acids is 1. The minimum absolute atomic E-state index is 0.152. The van der Waals surface area contributed by atoms with Crippen LogP contribution >= 0.6 is 11.8 Å². The molecule has 0 amide bonds. The zero-order valence-corrected chi connectivity index (χ0v) is 23.9. The highest BCUT2D eigenvalue weighted by atomic mass is 32.2. The van der Waals surface area contributed by atoms with Crippen molar-refractivity contribution < 1.29 is 9.53 Å². The van der Waals surface area contributed by atoms with Crippen LogP contribution < -0.4 is 15.0 Å². The van der Waals surface area contributed by atoms with Crippen molar-refractivity contribution in [3.63, 3.8) is 0 Å². The van der Waals surface area contributed by atoms with E-state index in [-0.39, 0.29) is 5.78 Å². The molecule has 2 saturated heterocycles. The Morgan fingerprint density at radius 2 is 1.72 bits per heavy atom. The molecule has 5 rings (SSSR count). The quantitative estimate of drug-likeness (QED) is 0.343. The molecule has 0 radical (unpaired) electrons. The fraction of sp³-hybridized carbons (Fsp3) is 0.500. The first-order valence-corrected chi connectivity index (χ1v) is 14.5. The number of ketones is 1. The van der Waals surface area contributed by atoms with Gasteiger partial charge in [0, 0.05) is 62.3 Å². The second kappa shape index (κ2) is 12.8. The lowest BCUT2D eigenvalue weighted by Gasteiger charge is -2.36. The predicted molar refractivity (Wildman–Crippen MR) is 154 cm³/mol. The zero-order chi connectivity index (χ0) is 27.2. The van der Waals surface area contributed by atoms with Crippen LogP contribution in [0.4, 0.5) is 17.5 Å². The number of aryl methyl sites for hydroxylation is 1. The van der Waals surface area contributed by atoms with E-state index in [4.69, 9.17) is 14.7 Å². The molecule has 2 aromatic heterocycles. The molecule has 2 N–H and O–H groups in total. The second-order valence-corrected chi connectivity index (χ2v) is 11.3. The van der Waals surface area contributed by atoms with Crippen LogP contribution in [0.15, 0.2) is 40.4 Å². The normalized spacial score (nSPS) is 16.5. The van der Waals surface area contributed by atoms with Crippen LogP contribution in [0.3, 0.4) is 0 Å². The fourth-order valence-electron chi connectivity index (χ4n) is 5.10. The Balaban J connectivity index is 1.35. The first kappa shape index (κ1) is 27.4. The molecular weight excluding hydrogens is 512 g/mol. The standard InChI is InChI=1S/C28H38N8O2S/c1-20-18-24(33-32-20)29-26-25(38-3)27(36-16-14-35(15-17-36)13-12-34-10-4-5-11-34)31-28(30-26)39-23-8-6-22(7-9-23)19-21(2)37/h6-9,18H,4-5,10-17,19H2,1-3H3,(H2,29,30,31,32,33). The molecule has 0 unspecified atom stereocenters. The highest BCUT2D eigenvalue weighted by Gasteiger charge is 2.26. The summed E-state index contributed by atoms with van der Waals surface area (Å²) in [6, 6.07) is 9.93. The minimum atomic E-state index is 0.152. The van der Waals surface area contributed by atoms with E-state index in [1.165, 1.54) is 37.7 Å². The third kappa shape index (κ3) is 7.28. The van der Waals surface area contributed by atoms with Crippen molar-refractivity contribution in [3.8, 4) is 5.75 Å². The van der Waals surface area contributed by atoms with E-state index in [2.05, 4.69) is 30.2 Å². The zero-order valence-electron chi connectivity index (χ0n) is 23.1. The van der Waals surface area contributed by atoms with E-state index >= 15 is 0 Å². The number of rotatable bonds is 11. The van der Waals surface area contributed by atoms with E-state index in [1.54, 1.807) is 14.0 Å². The average Bonchev–Trinajstić information content (AvgIpc) is 3.60. The third-order valence-corrected chi connectivity index (χ3v) is 8.05. The summed E-state index contributed by atoms with van der Waals surface area (Å²) in [4.78, 5) is 29.7. The molecule has 0 bridgehead atoms. The van der Waals surface area contributed by atoms with E-state index in [0.717, 1.165) is 61.2 Å². The molecule has 0 spiro atoms. The topological polar surface area (TPSA) is 103 Å². The van der Waals surface area contributed by atoms with Gasteiger partial charge in [0.1, 0.15) is 5.78 Å². The summed E-state index contributed by atoms with van der Waals surface area (Å²) < 4.78 is 5.88. The number of Topliss-reactive ketones (excluding diaryl/α,β-unsaturated/α-hetero) is 1. The van der Waals surface area contributed by atoms with Crippen LogP contribution in [0, 0.1) is 6.92 Å². The fourth-order valence-corrected chi connectivity index (χ4v) is 5.85. The Hall–Kier alpha value is -3.15. The van der Waals surface area contributed by atoms with Gasteiger partial charge in [0.2, 0.25) is 5.75 Å². The van der Waals surface area contributed by atoms with Gasteiger partial charge < -0.3 is 19.9 Å². The molecule has 1 aromatic carbocycles. The number of benzene rings is 1. The number of likely N-dealkylation sites (tertiary alicyclic amines) is 1. The first-order valence-electron chi connectivity index (χ1n) is 13.7. The summed E-state index contributed by atoms with van der Waals surface area (Å²) in [5.41, 5.74) is 1.96. The maximum absolute atomic E-state index is 11.5. The number of nitrogens with one attached hydrogen (secondary N) is 2. The Morgan fingerprint density at radius 3 is 2.33 bits per heavy atom. The molecule has 39 heavy (non-hydrogen) atoms. The monoisotopic (exact) mass is 550 g/mol. The number of carbonyl (C=O) groups is 1. The maximum Gasteiger partial charge on any atom is 0.204 e. The van der Waals surface area contributed by atoms with Crippen LogP contribution in [0.5, 0.6) is 5.75 Å². The van der Waals surface area contributed by atoms with E-state index in [1.807, 2.05) is 37.3 Å². The molecule has 208 valence electrons. The Morgan fingerprint density at radius 1 is 1.03 bits per heavy atom. The Kier molecular flexibility index (Phi) is 9.00. The number of H-pyrrole nitrogens is 1. The molecule has 0 aliphatic carbocycles. The highest BCUT2D eigenvalue weighted by Crippen LogP contribution is 2.38. The molecule has 2 aliphatic rings. The molecule has 0 saturated carbocycles. The summed E-state index contributed by atoms with van der Waals surface area (Å²) >= 11 is 1.49. The highest BCUT2D eigenvalue weighted by molar-refractivity contribution is 7.99. The number of anilines is 3. The van der Waals surface area contributed by atoms with Gasteiger partial charge in [-0.15, -0.1) is 0 Å². The molecule has 2 fully saturated rings. The number of hydrogen-bond donors (Lipinski definition) is 2. The number of nitrogens with zero attached hydrogens (tertiary/aromatic N) is 6. The largest absolute Gasteiger partial charge is 0.490 e. The van der Waals surface area contributed by atoms with Gasteiger partial charge in [-0.1, -0.05) is 12.1 Å². The van der Waals surface area contributed by atoms with Gasteiger partial charge in [0.15, 0.2) is 22.6 Å². The van der Waals surface area contributed by atoms with Gasteiger partial charge in [-0.2, -0.15) is 5.10 Å². The van der Waals surface area contributed by atoms with Gasteiger partial charge in [-0.05, 0) is 69.2 Å². The number of piperazine rings is 1. The lowest BCUT2D eigenvalue weighted by molar-refractivity contribution is -0.116. The van der Waals surface area contributed by atoms with Gasteiger partial charge in [-0.25, -0.2) is 9.97 Å². The van der Waals surface area contributed by atoms with Crippen LogP contribution in [-0.2, 0) is 11.2 Å². The predicted octanol–water partition coefficient (Wildman–Crippen LogP) is 3.76. The van der Waals surface area contributed by atoms with E-state index in [9.17, 15) is 4.79 Å². The van der Waals surface area contributed by atoms with Crippen molar-refractivity contribution in [2.75, 3.05) is 69.7 Å². The van der Waals surface area contributed by atoms with Crippen molar-refractivity contribution in [2.24, 2.45) is 0 Å². The third-order valence-electron chi connectivity index (χ3n) is 7.17. The van der Waals surface area contributed by atoms with Crippen LogP contribution in [0.25, 0.3) is 0 Å². The summed E-state index contributed by atoms with van der Waals surface area (Å²) in [7, 11) is 1.66. The lowest BCUT2D eigenvalue weighted by Crippen LogP contribution is -2.48. The molecule has 4 heterocycles. The molecule has 10 nitrogen and oxygen atoms in total. The SMILES string of the molecule is COc1c(Nc2cc(C)[nH]n2)nc(Sc2ccc(CC(C)=O)cc2)nc1N1CCN(CCN2CCCC2)CC1. The smallest absolute Gasteiger partial charge is 0.204 e. The van der Waals surface area contributed by atoms with Crippen LogP contribution in [0.1, 0.15) is 31.0 Å². The number of methoxy groups -OCH3 is 1. The molecule has 11 heteroatoms. The second-order valence-electron chi connectivity index (χ2n) is 10.3. The number of ether oxygens (including phenoxy) is 1. The minimum Gasteiger partial charge on any atom is -0.490 e. The summed E-state index contributed by atoms with van der Waals surface area (Å²) in [6.07, 6.45) is 3.10. The summed E-state index contributed by atoms with van der Waals surface area (Å²) in [6.45, 7) is 12.0.